The first-order chi connectivity index (χ1) is 8.58. The SMILES string of the molecule is Nc1cc(F)ccc1C(=O)Nc1ccccc1F. The van der Waals surface area contributed by atoms with Crippen LogP contribution in [0.1, 0.15) is 10.4 Å². The van der Waals surface area contributed by atoms with E-state index in [2.05, 4.69) is 5.32 Å². The van der Waals surface area contributed by atoms with Crippen LogP contribution in [0.25, 0.3) is 0 Å². The van der Waals surface area contributed by atoms with Crippen LogP contribution in [0.2, 0.25) is 0 Å². The molecule has 0 aromatic heterocycles. The van der Waals surface area contributed by atoms with E-state index < -0.39 is 17.5 Å². The van der Waals surface area contributed by atoms with Crippen molar-refractivity contribution < 1.29 is 13.6 Å². The van der Waals surface area contributed by atoms with E-state index in [1.54, 1.807) is 6.07 Å². The van der Waals surface area contributed by atoms with E-state index in [-0.39, 0.29) is 16.9 Å². The van der Waals surface area contributed by atoms with Gasteiger partial charge in [0.1, 0.15) is 11.6 Å². The molecule has 3 nitrogen and oxygen atoms in total. The second kappa shape index (κ2) is 4.83. The van der Waals surface area contributed by atoms with Crippen molar-refractivity contribution in [3.8, 4) is 0 Å². The van der Waals surface area contributed by atoms with Crippen LogP contribution in [0.3, 0.4) is 0 Å². The van der Waals surface area contributed by atoms with Gasteiger partial charge in [0.15, 0.2) is 0 Å². The third kappa shape index (κ3) is 2.45. The molecular formula is C13H10F2N2O. The van der Waals surface area contributed by atoms with Crippen molar-refractivity contribution in [1.29, 1.82) is 0 Å². The normalized spacial score (nSPS) is 10.1. The Labute approximate surface area is 102 Å². The van der Waals surface area contributed by atoms with Gasteiger partial charge >= 0.3 is 0 Å². The molecule has 0 aliphatic heterocycles. The molecule has 0 aliphatic carbocycles. The minimum atomic E-state index is -0.586. The van der Waals surface area contributed by atoms with Crippen LogP contribution >= 0.6 is 0 Å². The van der Waals surface area contributed by atoms with Crippen LogP contribution in [-0.4, -0.2) is 5.91 Å². The fraction of sp³-hybridized carbons (Fsp3) is 0. The second-order valence-electron chi connectivity index (χ2n) is 3.67. The van der Waals surface area contributed by atoms with Crippen LogP contribution in [0.15, 0.2) is 42.5 Å². The average molecular weight is 248 g/mol. The minimum absolute atomic E-state index is 0.00355. The molecule has 0 radical (unpaired) electrons. The fourth-order valence-corrected chi connectivity index (χ4v) is 1.49. The summed E-state index contributed by atoms with van der Waals surface area (Å²) in [4.78, 5) is 11.8. The summed E-state index contributed by atoms with van der Waals surface area (Å²) in [5.74, 6) is -1.67. The number of anilines is 2. The summed E-state index contributed by atoms with van der Waals surface area (Å²) < 4.78 is 26.2. The molecule has 0 aliphatic rings. The molecular weight excluding hydrogens is 238 g/mol. The number of hydrogen-bond donors (Lipinski definition) is 2. The zero-order chi connectivity index (χ0) is 13.1. The third-order valence-electron chi connectivity index (χ3n) is 2.38. The lowest BCUT2D eigenvalue weighted by molar-refractivity contribution is 0.102. The zero-order valence-electron chi connectivity index (χ0n) is 9.28. The highest BCUT2D eigenvalue weighted by atomic mass is 19.1. The molecule has 0 heterocycles. The van der Waals surface area contributed by atoms with Crippen LogP contribution in [0, 0.1) is 11.6 Å². The Morgan fingerprint density at radius 3 is 2.50 bits per heavy atom. The largest absolute Gasteiger partial charge is 0.398 e. The molecule has 3 N–H and O–H groups in total. The van der Waals surface area contributed by atoms with Crippen molar-refractivity contribution in [2.45, 2.75) is 0 Å². The maximum atomic E-state index is 13.3. The summed E-state index contributed by atoms with van der Waals surface area (Å²) in [6.45, 7) is 0. The Morgan fingerprint density at radius 1 is 1.11 bits per heavy atom. The number of benzene rings is 2. The standard InChI is InChI=1S/C13H10F2N2O/c14-8-5-6-9(11(16)7-8)13(18)17-12-4-2-1-3-10(12)15/h1-7H,16H2,(H,17,18). The Hall–Kier alpha value is -2.43. The van der Waals surface area contributed by atoms with Crippen LogP contribution in [0.5, 0.6) is 0 Å². The summed E-state index contributed by atoms with van der Waals surface area (Å²) >= 11 is 0. The molecule has 0 unspecified atom stereocenters. The van der Waals surface area contributed by atoms with Crippen molar-refractivity contribution in [3.05, 3.63) is 59.7 Å². The first-order valence-electron chi connectivity index (χ1n) is 5.19. The van der Waals surface area contributed by atoms with Gasteiger partial charge in [0, 0.05) is 5.69 Å². The van der Waals surface area contributed by atoms with Gasteiger partial charge in [-0.15, -0.1) is 0 Å². The Kier molecular flexibility index (Phi) is 3.23. The van der Waals surface area contributed by atoms with Gasteiger partial charge in [-0.25, -0.2) is 8.78 Å². The lowest BCUT2D eigenvalue weighted by Gasteiger charge is -2.08. The average Bonchev–Trinajstić information content (AvgIpc) is 2.32. The molecule has 0 saturated heterocycles. The number of nitrogen functional groups attached to an aromatic ring is 1. The van der Waals surface area contributed by atoms with Gasteiger partial charge in [0.2, 0.25) is 0 Å². The van der Waals surface area contributed by atoms with Crippen molar-refractivity contribution in [3.63, 3.8) is 0 Å². The lowest BCUT2D eigenvalue weighted by atomic mass is 10.1. The molecule has 18 heavy (non-hydrogen) atoms. The van der Waals surface area contributed by atoms with E-state index in [9.17, 15) is 13.6 Å². The highest BCUT2D eigenvalue weighted by Gasteiger charge is 2.12. The van der Waals surface area contributed by atoms with Gasteiger partial charge in [0.25, 0.3) is 5.91 Å². The third-order valence-corrected chi connectivity index (χ3v) is 2.38. The number of halogens is 2. The maximum Gasteiger partial charge on any atom is 0.257 e. The number of carbonyl (C=O) groups excluding carboxylic acids is 1. The minimum Gasteiger partial charge on any atom is -0.398 e. The summed E-state index contributed by atoms with van der Waals surface area (Å²) in [5.41, 5.74) is 5.67. The fourth-order valence-electron chi connectivity index (χ4n) is 1.49. The van der Waals surface area contributed by atoms with Gasteiger partial charge in [-0.3, -0.25) is 4.79 Å². The summed E-state index contributed by atoms with van der Waals surface area (Å²) in [6, 6.07) is 9.16. The number of nitrogens with one attached hydrogen (secondary N) is 1. The Balaban J connectivity index is 2.25. The molecule has 5 heteroatoms. The van der Waals surface area contributed by atoms with E-state index >= 15 is 0 Å². The van der Waals surface area contributed by atoms with E-state index in [0.29, 0.717) is 0 Å². The molecule has 92 valence electrons. The Morgan fingerprint density at radius 2 is 1.83 bits per heavy atom. The maximum absolute atomic E-state index is 13.3. The molecule has 0 atom stereocenters. The highest BCUT2D eigenvalue weighted by Crippen LogP contribution is 2.17. The van der Waals surface area contributed by atoms with Gasteiger partial charge in [-0.1, -0.05) is 12.1 Å². The number of carbonyl (C=O) groups is 1. The Bertz CT molecular complexity index is 599. The van der Waals surface area contributed by atoms with E-state index in [0.717, 1.165) is 12.1 Å². The number of hydrogen-bond acceptors (Lipinski definition) is 2. The second-order valence-corrected chi connectivity index (χ2v) is 3.67. The van der Waals surface area contributed by atoms with Crippen LogP contribution in [0.4, 0.5) is 20.2 Å². The number of nitrogens with two attached hydrogens (primary N) is 1. The molecule has 2 rings (SSSR count). The quantitative estimate of drug-likeness (QED) is 0.803. The molecule has 2 aromatic rings. The van der Waals surface area contributed by atoms with E-state index in [1.165, 1.54) is 24.3 Å². The lowest BCUT2D eigenvalue weighted by Crippen LogP contribution is -2.15. The summed E-state index contributed by atoms with van der Waals surface area (Å²) in [6.07, 6.45) is 0. The van der Waals surface area contributed by atoms with Crippen molar-refractivity contribution >= 4 is 17.3 Å². The zero-order valence-corrected chi connectivity index (χ0v) is 9.28. The molecule has 2 aromatic carbocycles. The first-order valence-corrected chi connectivity index (χ1v) is 5.19. The first kappa shape index (κ1) is 12.0. The van der Waals surface area contributed by atoms with E-state index in [4.69, 9.17) is 5.73 Å². The van der Waals surface area contributed by atoms with Crippen molar-refractivity contribution in [2.24, 2.45) is 0 Å². The molecule has 0 saturated carbocycles. The predicted molar refractivity (Wildman–Crippen MR) is 65.2 cm³/mol. The van der Waals surface area contributed by atoms with Crippen molar-refractivity contribution in [1.82, 2.24) is 0 Å². The molecule has 0 spiro atoms. The van der Waals surface area contributed by atoms with Gasteiger partial charge in [0.05, 0.1) is 11.3 Å². The number of para-hydroxylation sites is 1. The van der Waals surface area contributed by atoms with Gasteiger partial charge < -0.3 is 11.1 Å². The summed E-state index contributed by atoms with van der Waals surface area (Å²) in [7, 11) is 0. The van der Waals surface area contributed by atoms with E-state index in [1.807, 2.05) is 0 Å². The van der Waals surface area contributed by atoms with Crippen LogP contribution < -0.4 is 11.1 Å². The topological polar surface area (TPSA) is 55.1 Å². The van der Waals surface area contributed by atoms with Gasteiger partial charge in [-0.2, -0.15) is 0 Å². The molecule has 0 bridgehead atoms. The monoisotopic (exact) mass is 248 g/mol. The summed E-state index contributed by atoms with van der Waals surface area (Å²) in [5, 5.41) is 2.37. The van der Waals surface area contributed by atoms with Crippen LogP contribution in [-0.2, 0) is 0 Å². The number of rotatable bonds is 2. The predicted octanol–water partition coefficient (Wildman–Crippen LogP) is 2.80. The van der Waals surface area contributed by atoms with Gasteiger partial charge in [-0.05, 0) is 30.3 Å². The van der Waals surface area contributed by atoms with Crippen molar-refractivity contribution in [2.75, 3.05) is 11.1 Å². The highest BCUT2D eigenvalue weighted by molar-refractivity contribution is 6.07. The molecule has 0 fully saturated rings. The molecule has 1 amide bonds. The number of amides is 1. The smallest absolute Gasteiger partial charge is 0.257 e.